The molecule has 2 atom stereocenters. The van der Waals surface area contributed by atoms with Crippen molar-refractivity contribution in [3.05, 3.63) is 50.3 Å². The van der Waals surface area contributed by atoms with E-state index in [2.05, 4.69) is 16.0 Å². The third kappa shape index (κ3) is 6.76. The molecule has 1 aliphatic carbocycles. The van der Waals surface area contributed by atoms with E-state index in [1.807, 2.05) is 27.5 Å². The van der Waals surface area contributed by atoms with Crippen molar-refractivity contribution in [3.63, 3.8) is 0 Å². The molecule has 4 N–H and O–H groups in total. The molecule has 1 heterocycles. The third-order valence-corrected chi connectivity index (χ3v) is 6.50. The fourth-order valence-electron chi connectivity index (χ4n) is 4.00. The van der Waals surface area contributed by atoms with Crippen LogP contribution in [-0.2, 0) is 14.5 Å². The fraction of sp³-hybridized carbons (Fsp3) is 0.478. The number of alkyl halides is 1. The van der Waals surface area contributed by atoms with Gasteiger partial charge < -0.3 is 20.4 Å². The van der Waals surface area contributed by atoms with Crippen molar-refractivity contribution in [2.45, 2.75) is 32.0 Å². The Kier molecular flexibility index (Phi) is 10.5. The third-order valence-electron chi connectivity index (χ3n) is 5.83. The van der Waals surface area contributed by atoms with E-state index in [0.717, 1.165) is 19.4 Å². The number of carbonyl (C=O) groups excluding carboxylic acids is 1. The largest absolute Gasteiger partial charge is 0.395 e. The van der Waals surface area contributed by atoms with Crippen molar-refractivity contribution in [1.82, 2.24) is 10.4 Å². The van der Waals surface area contributed by atoms with E-state index < -0.39 is 35.1 Å². The number of carbonyl (C=O) groups is 1. The molecular formula is C23H28F3IN4O5. The number of anilines is 1. The number of nitrogens with zero attached hydrogens (tertiary/aromatic N) is 2. The van der Waals surface area contributed by atoms with Crippen LogP contribution >= 0.6 is 22.6 Å². The van der Waals surface area contributed by atoms with Gasteiger partial charge in [-0.1, -0.05) is 5.16 Å². The molecule has 198 valence electrons. The first-order valence-corrected chi connectivity index (χ1v) is 12.4. The van der Waals surface area contributed by atoms with Gasteiger partial charge in [0.2, 0.25) is 0 Å². The van der Waals surface area contributed by atoms with Crippen LogP contribution in [0.4, 0.5) is 18.9 Å². The summed E-state index contributed by atoms with van der Waals surface area (Å²) in [6.45, 7) is 2.04. The number of hydrogen-bond acceptors (Lipinski definition) is 8. The predicted octanol–water partition coefficient (Wildman–Crippen LogP) is 2.56. The zero-order chi connectivity index (χ0) is 26.2. The number of aliphatic hydroxyl groups excluding tert-OH is 2. The monoisotopic (exact) mass is 624 g/mol. The molecule has 1 saturated heterocycles. The quantitative estimate of drug-likeness (QED) is 0.170. The van der Waals surface area contributed by atoms with Gasteiger partial charge in [-0.25, -0.2) is 18.7 Å². The van der Waals surface area contributed by atoms with Crippen LogP contribution < -0.4 is 10.8 Å². The van der Waals surface area contributed by atoms with Gasteiger partial charge in [0.1, 0.15) is 18.1 Å². The van der Waals surface area contributed by atoms with Gasteiger partial charge in [-0.2, -0.15) is 0 Å². The van der Waals surface area contributed by atoms with Gasteiger partial charge >= 0.3 is 0 Å². The summed E-state index contributed by atoms with van der Waals surface area (Å²) >= 11 is 1.90. The maximum absolute atomic E-state index is 15.3. The average molecular weight is 624 g/mol. The topological polar surface area (TPSA) is 116 Å². The molecule has 13 heteroatoms. The van der Waals surface area contributed by atoms with Gasteiger partial charge in [0.05, 0.1) is 36.8 Å². The molecule has 2 aliphatic rings. The Labute approximate surface area is 220 Å². The molecule has 9 nitrogen and oxygen atoms in total. The fourth-order valence-corrected chi connectivity index (χ4v) is 4.45. The molecule has 1 amide bonds. The minimum absolute atomic E-state index is 0.0205. The molecule has 3 rings (SSSR count). The van der Waals surface area contributed by atoms with Gasteiger partial charge in [0.15, 0.2) is 12.0 Å². The van der Waals surface area contributed by atoms with E-state index >= 15 is 8.78 Å². The van der Waals surface area contributed by atoms with E-state index in [1.165, 1.54) is 19.1 Å². The van der Waals surface area contributed by atoms with Crippen molar-refractivity contribution in [3.8, 4) is 0 Å². The highest BCUT2D eigenvalue weighted by Gasteiger charge is 2.38. The van der Waals surface area contributed by atoms with E-state index in [-0.39, 0.29) is 49.3 Å². The summed E-state index contributed by atoms with van der Waals surface area (Å²) in [5, 5.41) is 24.5. The number of hydroxylamine groups is 1. The lowest BCUT2D eigenvalue weighted by Gasteiger charge is -2.25. The van der Waals surface area contributed by atoms with Crippen LogP contribution in [0.1, 0.15) is 19.8 Å². The van der Waals surface area contributed by atoms with Crippen molar-refractivity contribution in [2.24, 2.45) is 5.16 Å². The lowest BCUT2D eigenvalue weighted by atomic mass is 9.91. The second-order valence-corrected chi connectivity index (χ2v) is 9.41. The number of oxime groups is 1. The number of allylic oxidation sites excluding steroid dienone is 2. The van der Waals surface area contributed by atoms with Crippen LogP contribution in [0.25, 0.3) is 0 Å². The molecule has 0 aromatic heterocycles. The Hall–Kier alpha value is -2.20. The smallest absolute Gasteiger partial charge is 0.277 e. The van der Waals surface area contributed by atoms with Gasteiger partial charge in [0, 0.05) is 16.2 Å². The molecule has 0 spiro atoms. The first-order chi connectivity index (χ1) is 17.3. The first-order valence-electron chi connectivity index (χ1n) is 11.3. The first kappa shape index (κ1) is 28.4. The van der Waals surface area contributed by atoms with Crippen molar-refractivity contribution in [1.29, 1.82) is 0 Å². The molecule has 1 unspecified atom stereocenters. The molecule has 0 radical (unpaired) electrons. The minimum atomic E-state index is -2.37. The minimum Gasteiger partial charge on any atom is -0.395 e. The zero-order valence-corrected chi connectivity index (χ0v) is 21.7. The van der Waals surface area contributed by atoms with Gasteiger partial charge in [-0.05, 0) is 72.7 Å². The lowest BCUT2D eigenvalue weighted by Crippen LogP contribution is -2.36. The number of likely N-dealkylation sites (tertiary alicyclic amines) is 1. The highest BCUT2D eigenvalue weighted by molar-refractivity contribution is 14.1. The standard InChI is InChI=1S/C23H28F3IN4O5/c1-13-18(23(34)30-36-10-8-32)22(28-17-5-4-14(27)11-16(17)24)20(26)19(25)21(13)29-35-9-7-31-6-2-3-15(31)12-33/h4-5,11,15,19,28,32-33H,2-3,6-10,12H2,1H3,(H,30,34)/t15-,19?/m0/s1. The van der Waals surface area contributed by atoms with E-state index in [0.29, 0.717) is 10.1 Å². The molecule has 36 heavy (non-hydrogen) atoms. The lowest BCUT2D eigenvalue weighted by molar-refractivity contribution is -0.130. The van der Waals surface area contributed by atoms with Crippen LogP contribution in [0, 0.1) is 9.39 Å². The molecule has 1 fully saturated rings. The summed E-state index contributed by atoms with van der Waals surface area (Å²) < 4.78 is 45.4. The Morgan fingerprint density at radius 3 is 2.78 bits per heavy atom. The number of amides is 1. The van der Waals surface area contributed by atoms with Crippen LogP contribution in [0.15, 0.2) is 46.0 Å². The van der Waals surface area contributed by atoms with Gasteiger partial charge in [0.25, 0.3) is 5.91 Å². The van der Waals surface area contributed by atoms with Crippen molar-refractivity contribution in [2.75, 3.05) is 44.8 Å². The normalized spacial score (nSPS) is 21.9. The number of rotatable bonds is 11. The molecule has 0 bridgehead atoms. The highest BCUT2D eigenvalue weighted by Crippen LogP contribution is 2.34. The predicted molar refractivity (Wildman–Crippen MR) is 135 cm³/mol. The van der Waals surface area contributed by atoms with Gasteiger partial charge in [-0.3, -0.25) is 14.5 Å². The van der Waals surface area contributed by atoms with Gasteiger partial charge in [-0.15, -0.1) is 0 Å². The van der Waals surface area contributed by atoms with Crippen molar-refractivity contribution >= 4 is 39.9 Å². The van der Waals surface area contributed by atoms with Crippen LogP contribution in [-0.4, -0.2) is 78.5 Å². The Balaban J connectivity index is 1.86. The van der Waals surface area contributed by atoms with Crippen LogP contribution in [0.5, 0.6) is 0 Å². The summed E-state index contributed by atoms with van der Waals surface area (Å²) in [6, 6.07) is 4.11. The molecule has 0 saturated carbocycles. The maximum atomic E-state index is 15.3. The molecular weight excluding hydrogens is 596 g/mol. The Morgan fingerprint density at radius 1 is 1.31 bits per heavy atom. The van der Waals surface area contributed by atoms with Crippen LogP contribution in [0.2, 0.25) is 0 Å². The maximum Gasteiger partial charge on any atom is 0.277 e. The zero-order valence-electron chi connectivity index (χ0n) is 19.6. The molecule has 1 aromatic carbocycles. The summed E-state index contributed by atoms with van der Waals surface area (Å²) in [5.74, 6) is -3.06. The molecule has 1 aliphatic heterocycles. The number of benzene rings is 1. The summed E-state index contributed by atoms with van der Waals surface area (Å²) in [7, 11) is 0. The SMILES string of the molecule is CC1=C(C(=O)NOCCO)C(Nc2ccc(I)cc2F)=C(F)C(F)C1=NOCCN1CCC[C@H]1CO. The van der Waals surface area contributed by atoms with Crippen molar-refractivity contribution < 1.29 is 37.9 Å². The average Bonchev–Trinajstić information content (AvgIpc) is 3.31. The molecule has 1 aromatic rings. The number of hydrogen-bond donors (Lipinski definition) is 4. The second kappa shape index (κ2) is 13.4. The second-order valence-electron chi connectivity index (χ2n) is 8.16. The van der Waals surface area contributed by atoms with E-state index in [1.54, 1.807) is 6.07 Å². The summed E-state index contributed by atoms with van der Waals surface area (Å²) in [4.78, 5) is 24.9. The number of nitrogens with one attached hydrogen (secondary N) is 2. The Bertz CT molecular complexity index is 1050. The van der Waals surface area contributed by atoms with Crippen LogP contribution in [0.3, 0.4) is 0 Å². The van der Waals surface area contributed by atoms with E-state index in [4.69, 9.17) is 14.8 Å². The number of halogens is 4. The highest BCUT2D eigenvalue weighted by atomic mass is 127. The summed E-state index contributed by atoms with van der Waals surface area (Å²) in [6.07, 6.45) is -0.563. The Morgan fingerprint density at radius 2 is 2.08 bits per heavy atom. The summed E-state index contributed by atoms with van der Waals surface area (Å²) in [5.41, 5.74) is 0.456. The van der Waals surface area contributed by atoms with E-state index in [9.17, 15) is 14.3 Å². The number of aliphatic hydroxyl groups is 2.